The van der Waals surface area contributed by atoms with E-state index < -0.39 is 0 Å². The Labute approximate surface area is 52.3 Å². The van der Waals surface area contributed by atoms with E-state index in [4.69, 9.17) is 0 Å². The molecule has 1 rings (SSSR count). The minimum atomic E-state index is 1.81. The average molecular weight is 157 g/mol. The van der Waals surface area contributed by atoms with Crippen molar-refractivity contribution < 1.29 is 0 Å². The molecule has 0 aromatic carbocycles. The van der Waals surface area contributed by atoms with Crippen LogP contribution in [0, 0.1) is 0 Å². The fraction of sp³-hybridized carbons (Fsp3) is 0. The number of nitrogens with zero attached hydrogens (tertiary/aromatic N) is 1. The monoisotopic (exact) mass is 156 g/mol. The highest BCUT2D eigenvalue weighted by molar-refractivity contribution is 9.08. The fourth-order valence-corrected chi connectivity index (χ4v) is 0.651. The van der Waals surface area contributed by atoms with Crippen LogP contribution in [0.1, 0.15) is 0 Å². The molecule has 3 heteroatoms. The normalized spacial score (nSPS) is 17.0. The summed E-state index contributed by atoms with van der Waals surface area (Å²) in [4.78, 5) is 0. The highest BCUT2D eigenvalue weighted by Crippen LogP contribution is 1.99. The second-order valence-electron chi connectivity index (χ2n) is 1.22. The molecule has 0 aromatic rings. The summed E-state index contributed by atoms with van der Waals surface area (Å²) in [6.07, 6.45) is 5.84. The van der Waals surface area contributed by atoms with Gasteiger partial charge in [0.25, 0.3) is 7.41 Å². The predicted molar refractivity (Wildman–Crippen MR) is 34.8 cm³/mol. The van der Waals surface area contributed by atoms with Crippen molar-refractivity contribution in [1.82, 2.24) is 3.84 Å². The van der Waals surface area contributed by atoms with E-state index in [0.29, 0.717) is 0 Å². The van der Waals surface area contributed by atoms with E-state index in [0.717, 1.165) is 0 Å². The maximum atomic E-state index is 3.23. The van der Waals surface area contributed by atoms with E-state index in [9.17, 15) is 0 Å². The predicted octanol–water partition coefficient (Wildman–Crippen LogP) is 1.26. The molecule has 1 nitrogen and oxygen atoms in total. The molecular formula is C4H4BBrN. The van der Waals surface area contributed by atoms with Gasteiger partial charge in [-0.25, -0.2) is 0 Å². The summed E-state index contributed by atoms with van der Waals surface area (Å²) in [6, 6.07) is 0. The zero-order chi connectivity index (χ0) is 5.11. The lowest BCUT2D eigenvalue weighted by molar-refractivity contribution is 1.03. The minimum Gasteiger partial charge on any atom is -0.359 e. The third-order valence-corrected chi connectivity index (χ3v) is 1.15. The quantitative estimate of drug-likeness (QED) is 0.377. The van der Waals surface area contributed by atoms with Crippen LogP contribution in [0.3, 0.4) is 0 Å². The molecule has 0 N–H and O–H groups in total. The van der Waals surface area contributed by atoms with Crippen LogP contribution in [0.5, 0.6) is 0 Å². The number of hydrogen-bond acceptors (Lipinski definition) is 1. The maximum Gasteiger partial charge on any atom is 0.290 e. The summed E-state index contributed by atoms with van der Waals surface area (Å²) in [5, 5.41) is 0. The van der Waals surface area contributed by atoms with Gasteiger partial charge in [0.2, 0.25) is 0 Å². The lowest BCUT2D eigenvalue weighted by atomic mass is 9.93. The zero-order valence-electron chi connectivity index (χ0n) is 3.71. The SMILES string of the molecule is BrN1[B]C=CC=C1. The van der Waals surface area contributed by atoms with Crippen LogP contribution in [-0.4, -0.2) is 11.3 Å². The fourth-order valence-electron chi connectivity index (χ4n) is 0.378. The molecule has 0 amide bonds. The molecule has 0 unspecified atom stereocenters. The second-order valence-corrected chi connectivity index (χ2v) is 2.04. The molecule has 1 aliphatic rings. The van der Waals surface area contributed by atoms with Crippen molar-refractivity contribution in [2.45, 2.75) is 0 Å². The van der Waals surface area contributed by atoms with Crippen LogP contribution < -0.4 is 0 Å². The molecule has 0 saturated carbocycles. The molecule has 0 spiro atoms. The third-order valence-electron chi connectivity index (χ3n) is 0.679. The van der Waals surface area contributed by atoms with Crippen molar-refractivity contribution >= 4 is 23.6 Å². The molecule has 0 saturated heterocycles. The molecule has 1 radical (unpaired) electrons. The van der Waals surface area contributed by atoms with Gasteiger partial charge in [-0.3, -0.25) is 0 Å². The highest BCUT2D eigenvalue weighted by atomic mass is 79.9. The Morgan fingerprint density at radius 2 is 2.29 bits per heavy atom. The molecule has 7 heavy (non-hydrogen) atoms. The Balaban J connectivity index is 2.49. The van der Waals surface area contributed by atoms with Crippen LogP contribution in [0.25, 0.3) is 0 Å². The molecule has 0 aromatic heterocycles. The van der Waals surface area contributed by atoms with E-state index >= 15 is 0 Å². The van der Waals surface area contributed by atoms with Gasteiger partial charge in [-0.15, -0.1) is 0 Å². The zero-order valence-corrected chi connectivity index (χ0v) is 5.30. The summed E-state index contributed by atoms with van der Waals surface area (Å²) < 4.78 is 1.81. The van der Waals surface area contributed by atoms with Gasteiger partial charge in [0.15, 0.2) is 0 Å². The Kier molecular flexibility index (Phi) is 1.57. The number of hydrogen-bond donors (Lipinski definition) is 0. The van der Waals surface area contributed by atoms with Crippen molar-refractivity contribution in [3.8, 4) is 0 Å². The van der Waals surface area contributed by atoms with Gasteiger partial charge in [0.05, 0.1) is 0 Å². The van der Waals surface area contributed by atoms with Crippen molar-refractivity contribution in [1.29, 1.82) is 0 Å². The Bertz CT molecular complexity index is 110. The molecule has 0 bridgehead atoms. The summed E-state index contributed by atoms with van der Waals surface area (Å²) in [7, 11) is 1.92. The van der Waals surface area contributed by atoms with Gasteiger partial charge in [-0.2, -0.15) is 0 Å². The van der Waals surface area contributed by atoms with Gasteiger partial charge in [0.1, 0.15) is 0 Å². The Morgan fingerprint density at radius 1 is 1.43 bits per heavy atom. The van der Waals surface area contributed by atoms with Crippen LogP contribution >= 0.6 is 16.1 Å². The van der Waals surface area contributed by atoms with Crippen LogP contribution in [0.15, 0.2) is 24.3 Å². The topological polar surface area (TPSA) is 3.24 Å². The van der Waals surface area contributed by atoms with Gasteiger partial charge in [0, 0.05) is 16.1 Å². The highest BCUT2D eigenvalue weighted by Gasteiger charge is 1.92. The average Bonchev–Trinajstić information content (AvgIpc) is 1.69. The molecule has 0 aliphatic carbocycles. The van der Waals surface area contributed by atoms with E-state index in [1.807, 2.05) is 35.6 Å². The first-order valence-corrected chi connectivity index (χ1v) is 2.73. The number of allylic oxidation sites excluding steroid dienone is 2. The van der Waals surface area contributed by atoms with Crippen molar-refractivity contribution in [2.75, 3.05) is 0 Å². The lowest BCUT2D eigenvalue weighted by Crippen LogP contribution is -2.08. The van der Waals surface area contributed by atoms with Gasteiger partial charge in [-0.1, -0.05) is 12.1 Å². The molecular weight excluding hydrogens is 153 g/mol. The molecule has 1 aliphatic heterocycles. The van der Waals surface area contributed by atoms with Crippen LogP contribution in [0.2, 0.25) is 0 Å². The van der Waals surface area contributed by atoms with E-state index in [-0.39, 0.29) is 0 Å². The second kappa shape index (κ2) is 2.21. The van der Waals surface area contributed by atoms with Gasteiger partial charge < -0.3 is 3.84 Å². The summed E-state index contributed by atoms with van der Waals surface area (Å²) in [6.45, 7) is 0. The first-order valence-electron chi connectivity index (χ1n) is 2.02. The van der Waals surface area contributed by atoms with Crippen molar-refractivity contribution in [2.24, 2.45) is 0 Å². The van der Waals surface area contributed by atoms with Crippen LogP contribution in [-0.2, 0) is 0 Å². The molecule has 0 atom stereocenters. The Hall–Kier alpha value is -0.175. The molecule has 0 fully saturated rings. The summed E-state index contributed by atoms with van der Waals surface area (Å²) in [5.74, 6) is 1.95. The maximum absolute atomic E-state index is 3.23. The molecule has 35 valence electrons. The van der Waals surface area contributed by atoms with Crippen molar-refractivity contribution in [3.05, 3.63) is 24.3 Å². The summed E-state index contributed by atoms with van der Waals surface area (Å²) >= 11 is 3.23. The van der Waals surface area contributed by atoms with E-state index in [1.54, 1.807) is 0 Å². The van der Waals surface area contributed by atoms with E-state index in [1.165, 1.54) is 0 Å². The Morgan fingerprint density at radius 3 is 2.57 bits per heavy atom. The summed E-state index contributed by atoms with van der Waals surface area (Å²) in [5.41, 5.74) is 0. The standard InChI is InChI=1S/C4H4BBrN/c6-7-4-2-1-3-5-7/h1-4H. The number of rotatable bonds is 0. The minimum absolute atomic E-state index is 1.81. The van der Waals surface area contributed by atoms with E-state index in [2.05, 4.69) is 16.1 Å². The van der Waals surface area contributed by atoms with Crippen LogP contribution in [0.4, 0.5) is 0 Å². The third kappa shape index (κ3) is 1.39. The lowest BCUT2D eigenvalue weighted by Gasteiger charge is -2.06. The number of halogens is 1. The molecule has 1 heterocycles. The first kappa shape index (κ1) is 4.97. The smallest absolute Gasteiger partial charge is 0.290 e. The van der Waals surface area contributed by atoms with Crippen molar-refractivity contribution in [3.63, 3.8) is 0 Å². The largest absolute Gasteiger partial charge is 0.359 e. The van der Waals surface area contributed by atoms with Gasteiger partial charge >= 0.3 is 0 Å². The van der Waals surface area contributed by atoms with Gasteiger partial charge in [-0.05, 0) is 12.3 Å². The first-order chi connectivity index (χ1) is 3.39.